The molecule has 0 saturated carbocycles. The Morgan fingerprint density at radius 2 is 1.89 bits per heavy atom. The molecule has 2 aromatic rings. The van der Waals surface area contributed by atoms with E-state index in [1.807, 2.05) is 0 Å². The lowest BCUT2D eigenvalue weighted by Crippen LogP contribution is -2.25. The Balaban J connectivity index is 1.63. The van der Waals surface area contributed by atoms with Gasteiger partial charge in [0.2, 0.25) is 10.0 Å². The van der Waals surface area contributed by atoms with Crippen LogP contribution in [0.1, 0.15) is 5.56 Å². The molecule has 1 aliphatic rings. The number of rotatable bonds is 4. The normalized spacial score (nSPS) is 13.9. The molecular weight excluding hydrogens is 378 g/mol. The van der Waals surface area contributed by atoms with Crippen LogP contribution in [0.15, 0.2) is 47.4 Å². The first-order chi connectivity index (χ1) is 12.9. The van der Waals surface area contributed by atoms with Crippen molar-refractivity contribution in [1.29, 1.82) is 0 Å². The molecule has 0 radical (unpaired) electrons. The number of carbonyl (C=O) groups is 1. The van der Waals surface area contributed by atoms with Crippen molar-refractivity contribution in [2.24, 2.45) is 0 Å². The molecule has 1 aliphatic heterocycles. The van der Waals surface area contributed by atoms with Crippen LogP contribution in [0.2, 0.25) is 0 Å². The summed E-state index contributed by atoms with van der Waals surface area (Å²) in [5.74, 6) is 3.44. The zero-order valence-corrected chi connectivity index (χ0v) is 14.7. The zero-order chi connectivity index (χ0) is 19.4. The van der Waals surface area contributed by atoms with E-state index < -0.39 is 32.6 Å². The monoisotopic (exact) mass is 392 g/mol. The Bertz CT molecular complexity index is 1030. The average molecular weight is 392 g/mol. The number of benzene rings is 2. The molecule has 3 rings (SSSR count). The van der Waals surface area contributed by atoms with Crippen LogP contribution in [0, 0.1) is 23.5 Å². The van der Waals surface area contributed by atoms with Crippen molar-refractivity contribution >= 4 is 21.8 Å². The Labute approximate surface area is 154 Å². The summed E-state index contributed by atoms with van der Waals surface area (Å²) in [6, 6.07) is 8.93. The maximum Gasteiger partial charge on any atom is 0.414 e. The second-order valence-corrected chi connectivity index (χ2v) is 7.25. The highest BCUT2D eigenvalue weighted by Crippen LogP contribution is 2.19. The molecule has 9 heteroatoms. The first-order valence-corrected chi connectivity index (χ1v) is 9.33. The minimum Gasteiger partial charge on any atom is -0.447 e. The van der Waals surface area contributed by atoms with Crippen molar-refractivity contribution in [3.63, 3.8) is 0 Å². The Morgan fingerprint density at radius 3 is 2.56 bits per heavy atom. The van der Waals surface area contributed by atoms with Crippen LogP contribution in [0.3, 0.4) is 0 Å². The maximum absolute atomic E-state index is 13.6. The summed E-state index contributed by atoms with van der Waals surface area (Å²) in [5.41, 5.74) is 1.27. The Kier molecular flexibility index (Phi) is 5.39. The Hall–Kier alpha value is -2.96. The molecule has 140 valence electrons. The summed E-state index contributed by atoms with van der Waals surface area (Å²) in [4.78, 5) is 12.2. The minimum absolute atomic E-state index is 0.279. The number of halogens is 2. The average Bonchev–Trinajstić information content (AvgIpc) is 3.07. The van der Waals surface area contributed by atoms with Crippen molar-refractivity contribution < 1.29 is 26.7 Å². The standard InChI is InChI=1S/C18H14F2N2O4S/c19-14-5-8-16(20)17(12-14)27(24,25)21-9-1-2-13-3-6-15(7-4-13)22-10-11-26-18(22)23/h3-8,12,21H,9-11H2. The molecule has 1 fully saturated rings. The lowest BCUT2D eigenvalue weighted by atomic mass is 10.2. The van der Waals surface area contributed by atoms with Gasteiger partial charge in [-0.3, -0.25) is 4.90 Å². The number of sulfonamides is 1. The molecule has 1 N–H and O–H groups in total. The van der Waals surface area contributed by atoms with E-state index in [-0.39, 0.29) is 6.54 Å². The molecule has 0 unspecified atom stereocenters. The van der Waals surface area contributed by atoms with E-state index in [2.05, 4.69) is 16.6 Å². The molecule has 1 heterocycles. The first-order valence-electron chi connectivity index (χ1n) is 7.85. The van der Waals surface area contributed by atoms with Crippen molar-refractivity contribution in [1.82, 2.24) is 4.72 Å². The number of nitrogens with one attached hydrogen (secondary N) is 1. The van der Waals surface area contributed by atoms with E-state index in [0.717, 1.165) is 12.1 Å². The van der Waals surface area contributed by atoms with Crippen LogP contribution in [0.25, 0.3) is 0 Å². The van der Waals surface area contributed by atoms with Crippen LogP contribution in [-0.2, 0) is 14.8 Å². The third-order valence-corrected chi connectivity index (χ3v) is 5.12. The highest BCUT2D eigenvalue weighted by atomic mass is 32.2. The van der Waals surface area contributed by atoms with E-state index in [1.54, 1.807) is 24.3 Å². The summed E-state index contributed by atoms with van der Waals surface area (Å²) in [6.45, 7) is 0.535. The highest BCUT2D eigenvalue weighted by molar-refractivity contribution is 7.89. The number of nitrogens with zero attached hydrogens (tertiary/aromatic N) is 1. The molecular formula is C18H14F2N2O4S. The maximum atomic E-state index is 13.6. The fraction of sp³-hybridized carbons (Fsp3) is 0.167. The van der Waals surface area contributed by atoms with Gasteiger partial charge in [-0.1, -0.05) is 11.8 Å². The Morgan fingerprint density at radius 1 is 1.15 bits per heavy atom. The third-order valence-electron chi connectivity index (χ3n) is 3.71. The van der Waals surface area contributed by atoms with Gasteiger partial charge in [0.1, 0.15) is 23.1 Å². The van der Waals surface area contributed by atoms with Gasteiger partial charge in [0, 0.05) is 11.3 Å². The summed E-state index contributed by atoms with van der Waals surface area (Å²) >= 11 is 0. The number of hydrogen-bond acceptors (Lipinski definition) is 4. The summed E-state index contributed by atoms with van der Waals surface area (Å²) in [5, 5.41) is 0. The number of anilines is 1. The van der Waals surface area contributed by atoms with Crippen molar-refractivity contribution in [3.05, 3.63) is 59.7 Å². The first kappa shape index (κ1) is 18.8. The third kappa shape index (κ3) is 4.42. The molecule has 2 aromatic carbocycles. The highest BCUT2D eigenvalue weighted by Gasteiger charge is 2.23. The number of ether oxygens (including phenoxy) is 1. The molecule has 0 bridgehead atoms. The van der Waals surface area contributed by atoms with Gasteiger partial charge in [0.15, 0.2) is 0 Å². The van der Waals surface area contributed by atoms with E-state index in [4.69, 9.17) is 4.74 Å². The largest absolute Gasteiger partial charge is 0.447 e. The lowest BCUT2D eigenvalue weighted by molar-refractivity contribution is 0.181. The number of amides is 1. The van der Waals surface area contributed by atoms with Gasteiger partial charge in [-0.15, -0.1) is 0 Å². The minimum atomic E-state index is -4.22. The predicted molar refractivity (Wildman–Crippen MR) is 93.6 cm³/mol. The molecule has 0 atom stereocenters. The molecule has 0 aromatic heterocycles. The number of carbonyl (C=O) groups excluding carboxylic acids is 1. The van der Waals surface area contributed by atoms with Gasteiger partial charge in [0.25, 0.3) is 0 Å². The summed E-state index contributed by atoms with van der Waals surface area (Å²) < 4.78 is 57.7. The van der Waals surface area contributed by atoms with E-state index in [0.29, 0.717) is 30.5 Å². The number of hydrogen-bond donors (Lipinski definition) is 1. The second kappa shape index (κ2) is 7.73. The van der Waals surface area contributed by atoms with Crippen molar-refractivity contribution in [3.8, 4) is 11.8 Å². The SMILES string of the molecule is O=C1OCCN1c1ccc(C#CCNS(=O)(=O)c2cc(F)ccc2F)cc1. The van der Waals surface area contributed by atoms with Gasteiger partial charge in [-0.2, -0.15) is 4.72 Å². The lowest BCUT2D eigenvalue weighted by Gasteiger charge is -2.11. The molecule has 1 amide bonds. The molecule has 0 aliphatic carbocycles. The van der Waals surface area contributed by atoms with Crippen molar-refractivity contribution in [2.45, 2.75) is 4.90 Å². The summed E-state index contributed by atoms with van der Waals surface area (Å²) in [7, 11) is -4.22. The topological polar surface area (TPSA) is 75.7 Å². The van der Waals surface area contributed by atoms with Crippen LogP contribution < -0.4 is 9.62 Å². The molecule has 6 nitrogen and oxygen atoms in total. The van der Waals surface area contributed by atoms with Crippen molar-refractivity contribution in [2.75, 3.05) is 24.6 Å². The van der Waals surface area contributed by atoms with Gasteiger partial charge >= 0.3 is 6.09 Å². The van der Waals surface area contributed by atoms with E-state index in [1.165, 1.54) is 4.90 Å². The van der Waals surface area contributed by atoms with Crippen LogP contribution in [0.4, 0.5) is 19.3 Å². The molecule has 27 heavy (non-hydrogen) atoms. The van der Waals surface area contributed by atoms with Crippen LogP contribution in [-0.4, -0.2) is 34.2 Å². The zero-order valence-electron chi connectivity index (χ0n) is 13.9. The number of cyclic esters (lactones) is 1. The molecule has 1 saturated heterocycles. The van der Waals surface area contributed by atoms with Gasteiger partial charge in [-0.05, 0) is 42.5 Å². The van der Waals surface area contributed by atoms with Gasteiger partial charge in [-0.25, -0.2) is 22.0 Å². The van der Waals surface area contributed by atoms with E-state index >= 15 is 0 Å². The smallest absolute Gasteiger partial charge is 0.414 e. The molecule has 0 spiro atoms. The quantitative estimate of drug-likeness (QED) is 0.810. The van der Waals surface area contributed by atoms with Crippen LogP contribution in [0.5, 0.6) is 0 Å². The van der Waals surface area contributed by atoms with Crippen LogP contribution >= 0.6 is 0 Å². The van der Waals surface area contributed by atoms with Gasteiger partial charge in [0.05, 0.1) is 13.1 Å². The summed E-state index contributed by atoms with van der Waals surface area (Å²) in [6.07, 6.45) is -0.409. The second-order valence-electron chi connectivity index (χ2n) is 5.51. The van der Waals surface area contributed by atoms with Gasteiger partial charge < -0.3 is 4.74 Å². The predicted octanol–water partition coefficient (Wildman–Crippen LogP) is 2.25. The van der Waals surface area contributed by atoms with E-state index in [9.17, 15) is 22.0 Å². The fourth-order valence-electron chi connectivity index (χ4n) is 2.39. The fourth-order valence-corrected chi connectivity index (χ4v) is 3.40.